The van der Waals surface area contributed by atoms with E-state index in [0.717, 1.165) is 12.2 Å². The molecule has 74 valence electrons. The van der Waals surface area contributed by atoms with Gasteiger partial charge >= 0.3 is 0 Å². The van der Waals surface area contributed by atoms with E-state index in [-0.39, 0.29) is 0 Å². The van der Waals surface area contributed by atoms with Gasteiger partial charge in [-0.1, -0.05) is 0 Å². The van der Waals surface area contributed by atoms with Crippen molar-refractivity contribution in [1.82, 2.24) is 9.78 Å². The molecule has 14 heavy (non-hydrogen) atoms. The Morgan fingerprint density at radius 2 is 2.50 bits per heavy atom. The zero-order valence-corrected chi connectivity index (χ0v) is 8.83. The van der Waals surface area contributed by atoms with Crippen LogP contribution in [-0.4, -0.2) is 16.4 Å². The molecule has 0 N–H and O–H groups in total. The molecule has 3 nitrogen and oxygen atoms in total. The molecule has 0 unspecified atom stereocenters. The Morgan fingerprint density at radius 1 is 1.57 bits per heavy atom. The quantitative estimate of drug-likeness (QED) is 0.769. The lowest BCUT2D eigenvalue weighted by molar-refractivity contribution is 0.322. The summed E-state index contributed by atoms with van der Waals surface area (Å²) in [5.41, 5.74) is 1.33. The first-order valence-electron chi connectivity index (χ1n) is 4.47. The van der Waals surface area contributed by atoms with Crippen LogP contribution in [-0.2, 0) is 13.5 Å². The van der Waals surface area contributed by atoms with Crippen molar-refractivity contribution in [2.24, 2.45) is 7.05 Å². The molecule has 0 aliphatic rings. The number of nitrogens with zero attached hydrogens (tertiary/aromatic N) is 2. The molecule has 0 amide bonds. The maximum atomic E-state index is 5.52. The van der Waals surface area contributed by atoms with Crippen molar-refractivity contribution < 1.29 is 4.74 Å². The summed E-state index contributed by atoms with van der Waals surface area (Å²) in [5.74, 6) is 0.836. The number of ether oxygens (including phenoxy) is 1. The third-order valence-electron chi connectivity index (χ3n) is 1.92. The summed E-state index contributed by atoms with van der Waals surface area (Å²) >= 11 is 1.72. The highest BCUT2D eigenvalue weighted by Gasteiger charge is 1.97. The summed E-state index contributed by atoms with van der Waals surface area (Å²) in [6.45, 7) is 0.711. The number of aromatic nitrogens is 2. The fourth-order valence-electron chi connectivity index (χ4n) is 1.19. The molecule has 2 rings (SSSR count). The first-order chi connectivity index (χ1) is 6.84. The number of aryl methyl sites for hydroxylation is 1. The average molecular weight is 208 g/mol. The predicted octanol–water partition coefficient (Wildman–Crippen LogP) is 2.10. The first-order valence-corrected chi connectivity index (χ1v) is 5.41. The van der Waals surface area contributed by atoms with Gasteiger partial charge in [-0.15, -0.1) is 0 Å². The molecule has 2 heterocycles. The molecule has 4 heteroatoms. The second-order valence-corrected chi connectivity index (χ2v) is 3.86. The SMILES string of the molecule is Cn1cc(OCCc2ccsc2)cn1. The molecule has 0 aliphatic carbocycles. The zero-order valence-electron chi connectivity index (χ0n) is 8.01. The van der Waals surface area contributed by atoms with Gasteiger partial charge in [0, 0.05) is 13.5 Å². The van der Waals surface area contributed by atoms with Crippen LogP contribution in [0.4, 0.5) is 0 Å². The maximum Gasteiger partial charge on any atom is 0.157 e. The highest BCUT2D eigenvalue weighted by atomic mass is 32.1. The minimum Gasteiger partial charge on any atom is -0.490 e. The van der Waals surface area contributed by atoms with Crippen LogP contribution >= 0.6 is 11.3 Å². The van der Waals surface area contributed by atoms with Crippen molar-refractivity contribution in [2.45, 2.75) is 6.42 Å². The standard InChI is InChI=1S/C10H12N2OS/c1-12-7-10(6-11-12)13-4-2-9-3-5-14-8-9/h3,5-8H,2,4H2,1H3. The molecule has 0 saturated heterocycles. The molecular formula is C10H12N2OS. The van der Waals surface area contributed by atoms with Gasteiger partial charge in [-0.2, -0.15) is 16.4 Å². The van der Waals surface area contributed by atoms with E-state index in [0.29, 0.717) is 6.61 Å². The largest absolute Gasteiger partial charge is 0.490 e. The van der Waals surface area contributed by atoms with Gasteiger partial charge in [0.2, 0.25) is 0 Å². The topological polar surface area (TPSA) is 27.1 Å². The highest BCUT2D eigenvalue weighted by Crippen LogP contribution is 2.10. The van der Waals surface area contributed by atoms with Gasteiger partial charge in [0.05, 0.1) is 19.0 Å². The van der Waals surface area contributed by atoms with Crippen molar-refractivity contribution in [2.75, 3.05) is 6.61 Å². The Hall–Kier alpha value is -1.29. The number of hydrogen-bond acceptors (Lipinski definition) is 3. The van der Waals surface area contributed by atoms with Crippen molar-refractivity contribution in [3.05, 3.63) is 34.8 Å². The van der Waals surface area contributed by atoms with Gasteiger partial charge < -0.3 is 4.74 Å². The van der Waals surface area contributed by atoms with Gasteiger partial charge in [-0.25, -0.2) is 0 Å². The maximum absolute atomic E-state index is 5.52. The highest BCUT2D eigenvalue weighted by molar-refractivity contribution is 7.07. The summed E-state index contributed by atoms with van der Waals surface area (Å²) < 4.78 is 7.26. The van der Waals surface area contributed by atoms with Crippen molar-refractivity contribution >= 4 is 11.3 Å². The summed E-state index contributed by atoms with van der Waals surface area (Å²) in [6, 6.07) is 2.12. The normalized spacial score (nSPS) is 10.4. The van der Waals surface area contributed by atoms with Crippen LogP contribution < -0.4 is 4.74 Å². The van der Waals surface area contributed by atoms with E-state index in [9.17, 15) is 0 Å². The summed E-state index contributed by atoms with van der Waals surface area (Å²) in [6.07, 6.45) is 4.56. The van der Waals surface area contributed by atoms with Crippen LogP contribution in [0.5, 0.6) is 5.75 Å². The van der Waals surface area contributed by atoms with Crippen LogP contribution in [0.3, 0.4) is 0 Å². The third-order valence-corrected chi connectivity index (χ3v) is 2.65. The van der Waals surface area contributed by atoms with E-state index in [4.69, 9.17) is 4.74 Å². The van der Waals surface area contributed by atoms with Crippen LogP contribution in [0.25, 0.3) is 0 Å². The second kappa shape index (κ2) is 4.28. The summed E-state index contributed by atoms with van der Waals surface area (Å²) in [4.78, 5) is 0. The van der Waals surface area contributed by atoms with Crippen LogP contribution in [0.1, 0.15) is 5.56 Å². The molecule has 0 fully saturated rings. The van der Waals surface area contributed by atoms with Crippen molar-refractivity contribution in [3.63, 3.8) is 0 Å². The van der Waals surface area contributed by atoms with Crippen LogP contribution in [0, 0.1) is 0 Å². The molecule has 0 spiro atoms. The van der Waals surface area contributed by atoms with E-state index in [1.165, 1.54) is 5.56 Å². The van der Waals surface area contributed by atoms with Gasteiger partial charge in [0.1, 0.15) is 0 Å². The molecule has 0 radical (unpaired) electrons. The fourth-order valence-corrected chi connectivity index (χ4v) is 1.90. The molecule has 2 aromatic heterocycles. The Morgan fingerprint density at radius 3 is 3.14 bits per heavy atom. The molecule has 0 bridgehead atoms. The lowest BCUT2D eigenvalue weighted by atomic mass is 10.3. The van der Waals surface area contributed by atoms with E-state index < -0.39 is 0 Å². The Bertz CT molecular complexity index is 380. The first kappa shape index (κ1) is 9.27. The van der Waals surface area contributed by atoms with Gasteiger partial charge in [0.15, 0.2) is 5.75 Å². The number of hydrogen-bond donors (Lipinski definition) is 0. The Balaban J connectivity index is 1.78. The van der Waals surface area contributed by atoms with Crippen molar-refractivity contribution in [1.29, 1.82) is 0 Å². The van der Waals surface area contributed by atoms with Gasteiger partial charge in [0.25, 0.3) is 0 Å². The number of thiophene rings is 1. The molecule has 0 saturated carbocycles. The van der Waals surface area contributed by atoms with Crippen LogP contribution in [0.15, 0.2) is 29.2 Å². The summed E-state index contributed by atoms with van der Waals surface area (Å²) in [5, 5.41) is 8.25. The number of rotatable bonds is 4. The molecule has 0 atom stereocenters. The van der Waals surface area contributed by atoms with Crippen LogP contribution in [0.2, 0.25) is 0 Å². The zero-order chi connectivity index (χ0) is 9.80. The lowest BCUT2D eigenvalue weighted by Crippen LogP contribution is -1.99. The van der Waals surface area contributed by atoms with E-state index in [2.05, 4.69) is 21.9 Å². The molecule has 0 aromatic carbocycles. The van der Waals surface area contributed by atoms with Gasteiger partial charge in [-0.3, -0.25) is 4.68 Å². The average Bonchev–Trinajstić information content (AvgIpc) is 2.77. The Labute approximate surface area is 86.9 Å². The Kier molecular flexibility index (Phi) is 2.84. The van der Waals surface area contributed by atoms with E-state index in [1.54, 1.807) is 22.2 Å². The van der Waals surface area contributed by atoms with E-state index in [1.807, 2.05) is 13.2 Å². The van der Waals surface area contributed by atoms with E-state index >= 15 is 0 Å². The third kappa shape index (κ3) is 2.35. The molecule has 0 aliphatic heterocycles. The molecular weight excluding hydrogens is 196 g/mol. The fraction of sp³-hybridized carbons (Fsp3) is 0.300. The predicted molar refractivity (Wildman–Crippen MR) is 56.7 cm³/mol. The molecule has 2 aromatic rings. The minimum absolute atomic E-state index is 0.711. The summed E-state index contributed by atoms with van der Waals surface area (Å²) in [7, 11) is 1.88. The van der Waals surface area contributed by atoms with Gasteiger partial charge in [-0.05, 0) is 22.4 Å². The lowest BCUT2D eigenvalue weighted by Gasteiger charge is -2.00. The van der Waals surface area contributed by atoms with Crippen molar-refractivity contribution in [3.8, 4) is 5.75 Å². The smallest absolute Gasteiger partial charge is 0.157 e. The minimum atomic E-state index is 0.711. The second-order valence-electron chi connectivity index (χ2n) is 3.08. The monoisotopic (exact) mass is 208 g/mol.